The fraction of sp³-hybridized carbons (Fsp3) is 0.194. The molecule has 0 bridgehead atoms. The van der Waals surface area contributed by atoms with Crippen molar-refractivity contribution in [2.75, 3.05) is 18.9 Å². The molecule has 2 aromatic heterocycles. The zero-order chi connectivity index (χ0) is 29.9. The second kappa shape index (κ2) is 12.0. The molecule has 42 heavy (non-hydrogen) atoms. The Balaban J connectivity index is 1.56. The predicted molar refractivity (Wildman–Crippen MR) is 157 cm³/mol. The lowest BCUT2D eigenvalue weighted by molar-refractivity contribution is -0.141. The number of aromatic nitrogens is 2. The molecule has 216 valence electrons. The highest BCUT2D eigenvalue weighted by molar-refractivity contribution is 7.92. The summed E-state index contributed by atoms with van der Waals surface area (Å²) in [5.74, 6) is 0.197. The number of aryl methyl sites for hydroxylation is 1. The molecule has 10 nitrogen and oxygen atoms in total. The molecule has 0 unspecified atom stereocenters. The molecule has 0 fully saturated rings. The standard InChI is InChI=1S/C31H30N4O6S/c1-20-21(2)33-41-29(20)34-42(37,38)27-13-9-8-12-26(27)25-15-14-23(30-32-16-17-40-30)18-24(25)19-35(3)31(36)28(39-4)22-10-6-5-7-11-22/h5-18,28,34H,19H2,1-4H3/t28-/m1/s1. The van der Waals surface area contributed by atoms with Crippen molar-refractivity contribution in [2.45, 2.75) is 31.4 Å². The van der Waals surface area contributed by atoms with E-state index >= 15 is 0 Å². The van der Waals surface area contributed by atoms with Gasteiger partial charge in [-0.1, -0.05) is 59.8 Å². The topological polar surface area (TPSA) is 128 Å². The zero-order valence-electron chi connectivity index (χ0n) is 23.6. The number of rotatable bonds is 10. The van der Waals surface area contributed by atoms with Gasteiger partial charge in [-0.2, -0.15) is 0 Å². The van der Waals surface area contributed by atoms with E-state index in [4.69, 9.17) is 13.7 Å². The number of ether oxygens (including phenoxy) is 1. The summed E-state index contributed by atoms with van der Waals surface area (Å²) >= 11 is 0. The Bertz CT molecular complexity index is 1800. The van der Waals surface area contributed by atoms with Crippen LogP contribution >= 0.6 is 0 Å². The molecule has 1 amide bonds. The number of anilines is 1. The number of sulfonamides is 1. The Morgan fingerprint density at radius 3 is 2.43 bits per heavy atom. The van der Waals surface area contributed by atoms with Crippen LogP contribution in [-0.2, 0) is 26.1 Å². The SMILES string of the molecule is CO[C@@H](C(=O)N(C)Cc1cc(-c2ncco2)ccc1-c1ccccc1S(=O)(=O)Nc1onc(C)c1C)c1ccccc1. The first-order chi connectivity index (χ1) is 20.2. The van der Waals surface area contributed by atoms with Crippen LogP contribution in [0.15, 0.2) is 99.1 Å². The Morgan fingerprint density at radius 2 is 1.76 bits per heavy atom. The summed E-state index contributed by atoms with van der Waals surface area (Å²) in [6, 6.07) is 21.3. The number of benzene rings is 3. The fourth-order valence-electron chi connectivity index (χ4n) is 4.64. The first-order valence-corrected chi connectivity index (χ1v) is 14.6. The van der Waals surface area contributed by atoms with Crippen LogP contribution in [0.2, 0.25) is 0 Å². The summed E-state index contributed by atoms with van der Waals surface area (Å²) in [6.07, 6.45) is 2.21. The molecule has 0 spiro atoms. The number of hydrogen-bond donors (Lipinski definition) is 1. The van der Waals surface area contributed by atoms with Crippen molar-refractivity contribution in [1.29, 1.82) is 0 Å². The van der Waals surface area contributed by atoms with E-state index in [1.807, 2.05) is 36.4 Å². The minimum absolute atomic E-state index is 0.0385. The van der Waals surface area contributed by atoms with Gasteiger partial charge in [-0.25, -0.2) is 18.1 Å². The van der Waals surface area contributed by atoms with E-state index in [0.29, 0.717) is 39.4 Å². The monoisotopic (exact) mass is 586 g/mol. The van der Waals surface area contributed by atoms with E-state index in [9.17, 15) is 13.2 Å². The number of nitrogens with one attached hydrogen (secondary N) is 1. The minimum Gasteiger partial charge on any atom is -0.445 e. The van der Waals surface area contributed by atoms with Crippen LogP contribution in [0.25, 0.3) is 22.6 Å². The van der Waals surface area contributed by atoms with Crippen molar-refractivity contribution in [2.24, 2.45) is 0 Å². The average Bonchev–Trinajstić information content (AvgIpc) is 3.65. The minimum atomic E-state index is -4.08. The fourth-order valence-corrected chi connectivity index (χ4v) is 5.91. The summed E-state index contributed by atoms with van der Waals surface area (Å²) in [7, 11) is -0.916. The third-order valence-corrected chi connectivity index (χ3v) is 8.37. The summed E-state index contributed by atoms with van der Waals surface area (Å²) in [5, 5.41) is 3.85. The lowest BCUT2D eigenvalue weighted by Crippen LogP contribution is -2.32. The maximum absolute atomic E-state index is 13.6. The summed E-state index contributed by atoms with van der Waals surface area (Å²) in [4.78, 5) is 19.4. The molecule has 0 aliphatic heterocycles. The van der Waals surface area contributed by atoms with Crippen LogP contribution in [-0.4, -0.2) is 43.5 Å². The highest BCUT2D eigenvalue weighted by atomic mass is 32.2. The maximum Gasteiger partial charge on any atom is 0.264 e. The van der Waals surface area contributed by atoms with Crippen LogP contribution in [0.4, 0.5) is 5.88 Å². The van der Waals surface area contributed by atoms with Gasteiger partial charge < -0.3 is 18.6 Å². The summed E-state index contributed by atoms with van der Waals surface area (Å²) in [5.41, 5.74) is 4.33. The molecule has 3 aromatic carbocycles. The molecule has 5 aromatic rings. The van der Waals surface area contributed by atoms with Gasteiger partial charge in [0.25, 0.3) is 15.9 Å². The van der Waals surface area contributed by atoms with Crippen LogP contribution in [0.3, 0.4) is 0 Å². The number of hydrogen-bond acceptors (Lipinski definition) is 8. The normalized spacial score (nSPS) is 12.2. The molecule has 0 aliphatic carbocycles. The zero-order valence-corrected chi connectivity index (χ0v) is 24.4. The molecule has 11 heteroatoms. The Kier molecular flexibility index (Phi) is 8.23. The molecule has 5 rings (SSSR count). The van der Waals surface area contributed by atoms with Gasteiger partial charge in [0.2, 0.25) is 11.8 Å². The molecule has 1 atom stereocenters. The molecule has 0 saturated heterocycles. The Hall–Kier alpha value is -4.74. The van der Waals surface area contributed by atoms with Gasteiger partial charge in [0.1, 0.15) is 6.26 Å². The largest absolute Gasteiger partial charge is 0.445 e. The van der Waals surface area contributed by atoms with Crippen molar-refractivity contribution >= 4 is 21.8 Å². The molecule has 0 radical (unpaired) electrons. The van der Waals surface area contributed by atoms with E-state index in [1.165, 1.54) is 19.4 Å². The van der Waals surface area contributed by atoms with Crippen molar-refractivity contribution < 1.29 is 26.9 Å². The van der Waals surface area contributed by atoms with Crippen molar-refractivity contribution in [3.8, 4) is 22.6 Å². The van der Waals surface area contributed by atoms with Gasteiger partial charge in [0.05, 0.1) is 16.8 Å². The quantitative estimate of drug-likeness (QED) is 0.219. The molecular formula is C31H30N4O6S. The van der Waals surface area contributed by atoms with Crippen LogP contribution in [0.1, 0.15) is 28.5 Å². The lowest BCUT2D eigenvalue weighted by atomic mass is 9.96. The van der Waals surface area contributed by atoms with E-state index in [2.05, 4.69) is 14.9 Å². The second-order valence-corrected chi connectivity index (χ2v) is 11.4. The third kappa shape index (κ3) is 5.83. The molecule has 1 N–H and O–H groups in total. The van der Waals surface area contributed by atoms with Gasteiger partial charge in [-0.3, -0.25) is 4.79 Å². The summed E-state index contributed by atoms with van der Waals surface area (Å²) < 4.78 is 46.1. The number of carbonyl (C=O) groups is 1. The van der Waals surface area contributed by atoms with Crippen LogP contribution in [0, 0.1) is 13.8 Å². The first kappa shape index (κ1) is 28.8. The van der Waals surface area contributed by atoms with Gasteiger partial charge in [-0.05, 0) is 48.7 Å². The van der Waals surface area contributed by atoms with E-state index in [-0.39, 0.29) is 23.2 Å². The maximum atomic E-state index is 13.6. The van der Waals surface area contributed by atoms with E-state index in [1.54, 1.807) is 62.3 Å². The van der Waals surface area contributed by atoms with Crippen molar-refractivity contribution in [1.82, 2.24) is 15.0 Å². The second-order valence-electron chi connectivity index (χ2n) is 9.75. The van der Waals surface area contributed by atoms with Gasteiger partial charge in [0, 0.05) is 37.4 Å². The van der Waals surface area contributed by atoms with Crippen molar-refractivity contribution in [3.05, 3.63) is 108 Å². The number of likely N-dealkylation sites (N-methyl/N-ethyl adjacent to an activating group) is 1. The van der Waals surface area contributed by atoms with Gasteiger partial charge in [0.15, 0.2) is 6.10 Å². The van der Waals surface area contributed by atoms with Gasteiger partial charge in [-0.15, -0.1) is 0 Å². The highest BCUT2D eigenvalue weighted by Crippen LogP contribution is 2.35. The lowest BCUT2D eigenvalue weighted by Gasteiger charge is -2.25. The number of amides is 1. The smallest absolute Gasteiger partial charge is 0.264 e. The summed E-state index contributed by atoms with van der Waals surface area (Å²) in [6.45, 7) is 3.61. The first-order valence-electron chi connectivity index (χ1n) is 13.1. The predicted octanol–water partition coefficient (Wildman–Crippen LogP) is 5.76. The Labute approximate surface area is 244 Å². The molecule has 2 heterocycles. The van der Waals surface area contributed by atoms with Crippen molar-refractivity contribution in [3.63, 3.8) is 0 Å². The van der Waals surface area contributed by atoms with E-state index in [0.717, 1.165) is 5.56 Å². The number of methoxy groups -OCH3 is 1. The molecule has 0 saturated carbocycles. The average molecular weight is 587 g/mol. The number of oxazole rings is 1. The Morgan fingerprint density at radius 1 is 1.02 bits per heavy atom. The van der Waals surface area contributed by atoms with Crippen LogP contribution in [0.5, 0.6) is 0 Å². The molecule has 0 aliphatic rings. The number of nitrogens with zero attached hydrogens (tertiary/aromatic N) is 3. The highest BCUT2D eigenvalue weighted by Gasteiger charge is 2.27. The van der Waals surface area contributed by atoms with E-state index < -0.39 is 16.1 Å². The molecular weight excluding hydrogens is 556 g/mol. The number of carbonyl (C=O) groups excluding carboxylic acids is 1. The van der Waals surface area contributed by atoms with Crippen LogP contribution < -0.4 is 4.72 Å². The third-order valence-electron chi connectivity index (χ3n) is 6.98. The van der Waals surface area contributed by atoms with Gasteiger partial charge >= 0.3 is 0 Å².